The van der Waals surface area contributed by atoms with E-state index in [1.54, 1.807) is 34.6 Å². The molecule has 0 saturated heterocycles. The van der Waals surface area contributed by atoms with Crippen molar-refractivity contribution in [3.63, 3.8) is 0 Å². The summed E-state index contributed by atoms with van der Waals surface area (Å²) >= 11 is 0. The molecule has 0 bridgehead atoms. The van der Waals surface area contributed by atoms with Crippen molar-refractivity contribution in [2.45, 2.75) is 20.0 Å². The number of ether oxygens (including phenoxy) is 4. The molecule has 0 fully saturated rings. The van der Waals surface area contributed by atoms with Crippen LogP contribution in [0.1, 0.15) is 18.1 Å². The van der Waals surface area contributed by atoms with Gasteiger partial charge in [-0.2, -0.15) is 0 Å². The van der Waals surface area contributed by atoms with E-state index in [-0.39, 0.29) is 0 Å². The Labute approximate surface area is 165 Å². The third-order valence-corrected chi connectivity index (χ3v) is 3.99. The first-order valence-electron chi connectivity index (χ1n) is 8.96. The number of benzene rings is 1. The van der Waals surface area contributed by atoms with Crippen molar-refractivity contribution < 1.29 is 18.9 Å². The van der Waals surface area contributed by atoms with Gasteiger partial charge in [-0.25, -0.2) is 4.98 Å². The van der Waals surface area contributed by atoms with Gasteiger partial charge in [-0.15, -0.1) is 0 Å². The van der Waals surface area contributed by atoms with E-state index in [1.807, 2.05) is 31.2 Å². The summed E-state index contributed by atoms with van der Waals surface area (Å²) in [6, 6.07) is 7.65. The van der Waals surface area contributed by atoms with E-state index in [1.165, 1.54) is 0 Å². The second kappa shape index (κ2) is 10.9. The van der Waals surface area contributed by atoms with E-state index < -0.39 is 0 Å². The van der Waals surface area contributed by atoms with Crippen LogP contribution in [0.2, 0.25) is 0 Å². The Morgan fingerprint density at radius 2 is 1.71 bits per heavy atom. The van der Waals surface area contributed by atoms with E-state index in [4.69, 9.17) is 18.9 Å². The van der Waals surface area contributed by atoms with Gasteiger partial charge >= 0.3 is 0 Å². The summed E-state index contributed by atoms with van der Waals surface area (Å²) in [6.07, 6.45) is 1.71. The van der Waals surface area contributed by atoms with Crippen LogP contribution in [0, 0.1) is 0 Å². The zero-order valence-electron chi connectivity index (χ0n) is 17.0. The predicted octanol–water partition coefficient (Wildman–Crippen LogP) is 2.37. The first-order valence-corrected chi connectivity index (χ1v) is 8.96. The monoisotopic (exact) mass is 388 g/mol. The fraction of sp³-hybridized carbons (Fsp3) is 0.400. The maximum Gasteiger partial charge on any atom is 0.218 e. The average molecular weight is 388 g/mol. The number of nitrogens with one attached hydrogen (secondary N) is 2. The van der Waals surface area contributed by atoms with Gasteiger partial charge in [0.25, 0.3) is 0 Å². The number of aliphatic imine (C=N–C) groups is 1. The fourth-order valence-electron chi connectivity index (χ4n) is 2.65. The lowest BCUT2D eigenvalue weighted by Crippen LogP contribution is -2.36. The van der Waals surface area contributed by atoms with E-state index in [0.717, 1.165) is 11.1 Å². The SMILES string of the molecule is CCOc1ncccc1CNC(=NC)NCc1cc(OC)c(OC)c(OC)c1. The number of methoxy groups -OCH3 is 3. The second-order valence-electron chi connectivity index (χ2n) is 5.71. The molecule has 2 N–H and O–H groups in total. The summed E-state index contributed by atoms with van der Waals surface area (Å²) in [5.74, 6) is 3.06. The van der Waals surface area contributed by atoms with Crippen LogP contribution < -0.4 is 29.6 Å². The highest BCUT2D eigenvalue weighted by atomic mass is 16.5. The minimum absolute atomic E-state index is 0.530. The van der Waals surface area contributed by atoms with Crippen molar-refractivity contribution >= 4 is 5.96 Å². The molecular weight excluding hydrogens is 360 g/mol. The van der Waals surface area contributed by atoms with E-state index in [9.17, 15) is 0 Å². The van der Waals surface area contributed by atoms with E-state index in [2.05, 4.69) is 20.6 Å². The zero-order valence-corrected chi connectivity index (χ0v) is 17.0. The quantitative estimate of drug-likeness (QED) is 0.504. The molecule has 0 aliphatic rings. The van der Waals surface area contributed by atoms with Crippen LogP contribution in [0.25, 0.3) is 0 Å². The lowest BCUT2D eigenvalue weighted by molar-refractivity contribution is 0.322. The summed E-state index contributed by atoms with van der Waals surface area (Å²) in [5, 5.41) is 6.54. The van der Waals surface area contributed by atoms with Crippen molar-refractivity contribution in [2.24, 2.45) is 4.99 Å². The van der Waals surface area contributed by atoms with Crippen molar-refractivity contribution in [2.75, 3.05) is 35.0 Å². The molecule has 0 aliphatic heterocycles. The smallest absolute Gasteiger partial charge is 0.218 e. The van der Waals surface area contributed by atoms with Gasteiger partial charge in [-0.3, -0.25) is 4.99 Å². The molecule has 0 unspecified atom stereocenters. The number of aromatic nitrogens is 1. The molecule has 1 aromatic carbocycles. The number of rotatable bonds is 9. The highest BCUT2D eigenvalue weighted by molar-refractivity contribution is 5.79. The zero-order chi connectivity index (χ0) is 20.4. The first-order chi connectivity index (χ1) is 13.7. The van der Waals surface area contributed by atoms with Gasteiger partial charge in [0.05, 0.1) is 27.9 Å². The van der Waals surface area contributed by atoms with Crippen LogP contribution in [0.15, 0.2) is 35.5 Å². The molecule has 0 aliphatic carbocycles. The van der Waals surface area contributed by atoms with Gasteiger partial charge in [0, 0.05) is 31.9 Å². The standard InChI is InChI=1S/C20H28N4O4/c1-6-28-19-15(8-7-9-22-19)13-24-20(21-2)23-12-14-10-16(25-3)18(27-5)17(11-14)26-4/h7-11H,6,12-13H2,1-5H3,(H2,21,23,24). The highest BCUT2D eigenvalue weighted by Gasteiger charge is 2.13. The Bertz CT molecular complexity index is 771. The van der Waals surface area contributed by atoms with Crippen molar-refractivity contribution in [1.82, 2.24) is 15.6 Å². The van der Waals surface area contributed by atoms with Crippen molar-refractivity contribution in [3.05, 3.63) is 41.6 Å². The van der Waals surface area contributed by atoms with Gasteiger partial charge in [0.2, 0.25) is 11.6 Å². The van der Waals surface area contributed by atoms with Gasteiger partial charge in [0.1, 0.15) is 0 Å². The van der Waals surface area contributed by atoms with Crippen LogP contribution in [0.4, 0.5) is 0 Å². The number of hydrogen-bond acceptors (Lipinski definition) is 6. The Morgan fingerprint density at radius 3 is 2.29 bits per heavy atom. The highest BCUT2D eigenvalue weighted by Crippen LogP contribution is 2.38. The lowest BCUT2D eigenvalue weighted by Gasteiger charge is -2.16. The molecule has 1 aromatic heterocycles. The minimum atomic E-state index is 0.530. The second-order valence-corrected chi connectivity index (χ2v) is 5.71. The lowest BCUT2D eigenvalue weighted by atomic mass is 10.2. The Balaban J connectivity index is 2.03. The summed E-state index contributed by atoms with van der Waals surface area (Å²) < 4.78 is 21.7. The Kier molecular flexibility index (Phi) is 8.20. The van der Waals surface area contributed by atoms with Crippen LogP contribution in [0.3, 0.4) is 0 Å². The van der Waals surface area contributed by atoms with Gasteiger partial charge in [-0.05, 0) is 30.7 Å². The maximum absolute atomic E-state index is 5.55. The predicted molar refractivity (Wildman–Crippen MR) is 109 cm³/mol. The molecule has 2 aromatic rings. The van der Waals surface area contributed by atoms with Crippen molar-refractivity contribution in [1.29, 1.82) is 0 Å². The Morgan fingerprint density at radius 1 is 1.04 bits per heavy atom. The summed E-state index contributed by atoms with van der Waals surface area (Å²) in [6.45, 7) is 3.57. The molecule has 0 amide bonds. The van der Waals surface area contributed by atoms with Crippen LogP contribution in [0.5, 0.6) is 23.1 Å². The number of pyridine rings is 1. The molecule has 8 heteroatoms. The topological polar surface area (TPSA) is 86.2 Å². The summed E-state index contributed by atoms with van der Waals surface area (Å²) in [4.78, 5) is 8.52. The largest absolute Gasteiger partial charge is 0.493 e. The molecule has 0 radical (unpaired) electrons. The van der Waals surface area contributed by atoms with Gasteiger partial charge in [-0.1, -0.05) is 6.07 Å². The van der Waals surface area contributed by atoms with Crippen LogP contribution in [-0.4, -0.2) is 45.9 Å². The summed E-state index contributed by atoms with van der Waals surface area (Å²) in [5.41, 5.74) is 1.92. The molecule has 152 valence electrons. The normalized spacial score (nSPS) is 11.0. The molecule has 2 rings (SSSR count). The summed E-state index contributed by atoms with van der Waals surface area (Å²) in [7, 11) is 6.49. The molecule has 0 atom stereocenters. The average Bonchev–Trinajstić information content (AvgIpc) is 2.74. The van der Waals surface area contributed by atoms with Gasteiger partial charge in [0.15, 0.2) is 17.5 Å². The maximum atomic E-state index is 5.55. The molecule has 28 heavy (non-hydrogen) atoms. The third kappa shape index (κ3) is 5.42. The van der Waals surface area contributed by atoms with Crippen LogP contribution >= 0.6 is 0 Å². The molecule has 0 spiro atoms. The fourth-order valence-corrected chi connectivity index (χ4v) is 2.65. The number of guanidine groups is 1. The van der Waals surface area contributed by atoms with Gasteiger partial charge < -0.3 is 29.6 Å². The number of hydrogen-bond donors (Lipinski definition) is 2. The molecule has 0 saturated carbocycles. The molecule has 1 heterocycles. The van der Waals surface area contributed by atoms with E-state index >= 15 is 0 Å². The molecular formula is C20H28N4O4. The third-order valence-electron chi connectivity index (χ3n) is 3.99. The van der Waals surface area contributed by atoms with Crippen LogP contribution in [-0.2, 0) is 13.1 Å². The van der Waals surface area contributed by atoms with E-state index in [0.29, 0.717) is 48.8 Å². The van der Waals surface area contributed by atoms with Crippen molar-refractivity contribution in [3.8, 4) is 23.1 Å². The minimum Gasteiger partial charge on any atom is -0.493 e. The first kappa shape index (κ1) is 21.1. The number of nitrogens with zero attached hydrogens (tertiary/aromatic N) is 2. The molecule has 8 nitrogen and oxygen atoms in total. The Hall–Kier alpha value is -3.16.